The van der Waals surface area contributed by atoms with Gasteiger partial charge in [-0.15, -0.1) is 0 Å². The number of primary amides is 1. The van der Waals surface area contributed by atoms with Crippen LogP contribution in [0.5, 0.6) is 0 Å². The van der Waals surface area contributed by atoms with Crippen molar-refractivity contribution in [3.63, 3.8) is 0 Å². The second-order valence-corrected chi connectivity index (χ2v) is 4.09. The SMILES string of the molecule is CCc1[nH]nc(-c2cccc(Cl)c2)c1C(N)=O. The fraction of sp³-hybridized carbons (Fsp3) is 0.167. The van der Waals surface area contributed by atoms with E-state index in [-0.39, 0.29) is 0 Å². The van der Waals surface area contributed by atoms with Crippen molar-refractivity contribution < 1.29 is 4.79 Å². The molecule has 1 amide bonds. The van der Waals surface area contributed by atoms with Gasteiger partial charge >= 0.3 is 0 Å². The van der Waals surface area contributed by atoms with Crippen LogP contribution in [0.4, 0.5) is 0 Å². The normalized spacial score (nSPS) is 10.5. The summed E-state index contributed by atoms with van der Waals surface area (Å²) in [4.78, 5) is 11.5. The molecule has 0 aliphatic heterocycles. The minimum Gasteiger partial charge on any atom is -0.365 e. The van der Waals surface area contributed by atoms with E-state index in [0.717, 1.165) is 11.3 Å². The van der Waals surface area contributed by atoms with Crippen molar-refractivity contribution in [3.05, 3.63) is 40.5 Å². The lowest BCUT2D eigenvalue weighted by molar-refractivity contribution is 0.1000. The highest BCUT2D eigenvalue weighted by Gasteiger charge is 2.18. The molecule has 5 heteroatoms. The summed E-state index contributed by atoms with van der Waals surface area (Å²) in [5.41, 5.74) is 7.89. The van der Waals surface area contributed by atoms with Gasteiger partial charge in [0.25, 0.3) is 5.91 Å². The third-order valence-electron chi connectivity index (χ3n) is 2.54. The summed E-state index contributed by atoms with van der Waals surface area (Å²) in [6, 6.07) is 7.17. The van der Waals surface area contributed by atoms with Crippen molar-refractivity contribution in [2.75, 3.05) is 0 Å². The van der Waals surface area contributed by atoms with Crippen molar-refractivity contribution in [3.8, 4) is 11.3 Å². The summed E-state index contributed by atoms with van der Waals surface area (Å²) in [5.74, 6) is -0.481. The van der Waals surface area contributed by atoms with Crippen LogP contribution < -0.4 is 5.73 Å². The number of halogens is 1. The summed E-state index contributed by atoms with van der Waals surface area (Å²) in [5, 5.41) is 7.56. The summed E-state index contributed by atoms with van der Waals surface area (Å²) >= 11 is 5.91. The van der Waals surface area contributed by atoms with Gasteiger partial charge in [-0.05, 0) is 18.6 Å². The Morgan fingerprint density at radius 1 is 1.53 bits per heavy atom. The number of aromatic amines is 1. The summed E-state index contributed by atoms with van der Waals surface area (Å²) in [7, 11) is 0. The van der Waals surface area contributed by atoms with Crippen LogP contribution in [-0.4, -0.2) is 16.1 Å². The Hall–Kier alpha value is -1.81. The number of aromatic nitrogens is 2. The van der Waals surface area contributed by atoms with Crippen molar-refractivity contribution >= 4 is 17.5 Å². The summed E-state index contributed by atoms with van der Waals surface area (Å²) < 4.78 is 0. The van der Waals surface area contributed by atoms with Crippen LogP contribution >= 0.6 is 11.6 Å². The molecule has 0 aliphatic rings. The van der Waals surface area contributed by atoms with Crippen LogP contribution in [0.3, 0.4) is 0 Å². The molecule has 3 N–H and O–H groups in total. The Morgan fingerprint density at radius 3 is 2.88 bits per heavy atom. The van der Waals surface area contributed by atoms with Gasteiger partial charge in [0, 0.05) is 16.3 Å². The Labute approximate surface area is 104 Å². The molecule has 1 aromatic carbocycles. The maximum absolute atomic E-state index is 11.5. The first kappa shape index (κ1) is 11.7. The number of nitrogens with zero attached hydrogens (tertiary/aromatic N) is 1. The number of nitrogens with two attached hydrogens (primary N) is 1. The molecule has 0 unspecified atom stereocenters. The average Bonchev–Trinajstić information content (AvgIpc) is 2.72. The van der Waals surface area contributed by atoms with E-state index >= 15 is 0 Å². The molecule has 17 heavy (non-hydrogen) atoms. The fourth-order valence-corrected chi connectivity index (χ4v) is 1.93. The number of nitrogens with one attached hydrogen (secondary N) is 1. The molecule has 4 nitrogen and oxygen atoms in total. The molecule has 0 bridgehead atoms. The molecule has 0 saturated carbocycles. The lowest BCUT2D eigenvalue weighted by Crippen LogP contribution is -2.13. The van der Waals surface area contributed by atoms with E-state index < -0.39 is 5.91 Å². The van der Waals surface area contributed by atoms with E-state index in [1.165, 1.54) is 0 Å². The molecule has 0 saturated heterocycles. The summed E-state index contributed by atoms with van der Waals surface area (Å²) in [6.07, 6.45) is 0.672. The molecule has 0 spiro atoms. The van der Waals surface area contributed by atoms with Crippen LogP contribution in [0, 0.1) is 0 Å². The predicted octanol–water partition coefficient (Wildman–Crippen LogP) is 2.39. The Bertz CT molecular complexity index is 563. The lowest BCUT2D eigenvalue weighted by atomic mass is 10.0. The van der Waals surface area contributed by atoms with Crippen LogP contribution in [0.15, 0.2) is 24.3 Å². The number of H-pyrrole nitrogens is 1. The zero-order valence-corrected chi connectivity index (χ0v) is 10.1. The van der Waals surface area contributed by atoms with Gasteiger partial charge in [-0.25, -0.2) is 0 Å². The van der Waals surface area contributed by atoms with E-state index in [1.807, 2.05) is 19.1 Å². The third kappa shape index (κ3) is 2.17. The minimum atomic E-state index is -0.481. The Morgan fingerprint density at radius 2 is 2.29 bits per heavy atom. The standard InChI is InChI=1S/C12H12ClN3O/c1-2-9-10(12(14)17)11(16-15-9)7-4-3-5-8(13)6-7/h3-6H,2H2,1H3,(H2,14,17)(H,15,16). The van der Waals surface area contributed by atoms with E-state index in [2.05, 4.69) is 10.2 Å². The number of rotatable bonds is 3. The highest BCUT2D eigenvalue weighted by atomic mass is 35.5. The van der Waals surface area contributed by atoms with Gasteiger partial charge in [-0.3, -0.25) is 9.89 Å². The van der Waals surface area contributed by atoms with Gasteiger partial charge < -0.3 is 5.73 Å². The molecule has 88 valence electrons. The molecule has 0 fully saturated rings. The third-order valence-corrected chi connectivity index (χ3v) is 2.77. The highest BCUT2D eigenvalue weighted by molar-refractivity contribution is 6.30. The fourth-order valence-electron chi connectivity index (χ4n) is 1.74. The van der Waals surface area contributed by atoms with Crippen LogP contribution in [0.2, 0.25) is 5.02 Å². The first-order valence-corrected chi connectivity index (χ1v) is 5.64. The molecule has 0 radical (unpaired) electrons. The van der Waals surface area contributed by atoms with Crippen molar-refractivity contribution in [2.24, 2.45) is 5.73 Å². The molecule has 1 aromatic heterocycles. The van der Waals surface area contributed by atoms with Gasteiger partial charge in [0.2, 0.25) is 0 Å². The second kappa shape index (κ2) is 4.59. The molecule has 0 atom stereocenters. The van der Waals surface area contributed by atoms with E-state index in [4.69, 9.17) is 17.3 Å². The number of hydrogen-bond donors (Lipinski definition) is 2. The lowest BCUT2D eigenvalue weighted by Gasteiger charge is -2.01. The monoisotopic (exact) mass is 249 g/mol. The molecule has 2 aromatic rings. The van der Waals surface area contributed by atoms with Gasteiger partial charge in [0.15, 0.2) is 0 Å². The minimum absolute atomic E-state index is 0.440. The highest BCUT2D eigenvalue weighted by Crippen LogP contribution is 2.26. The van der Waals surface area contributed by atoms with Gasteiger partial charge in [-0.2, -0.15) is 5.10 Å². The molecular formula is C12H12ClN3O. The van der Waals surface area contributed by atoms with Crippen molar-refractivity contribution in [1.29, 1.82) is 0 Å². The average molecular weight is 250 g/mol. The molecule has 1 heterocycles. The van der Waals surface area contributed by atoms with Crippen molar-refractivity contribution in [2.45, 2.75) is 13.3 Å². The molecule has 2 rings (SSSR count). The van der Waals surface area contributed by atoms with Gasteiger partial charge in [-0.1, -0.05) is 30.7 Å². The number of hydrogen-bond acceptors (Lipinski definition) is 2. The summed E-state index contributed by atoms with van der Waals surface area (Å²) in [6.45, 7) is 1.93. The Balaban J connectivity index is 2.60. The van der Waals surface area contributed by atoms with Crippen molar-refractivity contribution in [1.82, 2.24) is 10.2 Å². The van der Waals surface area contributed by atoms with Gasteiger partial charge in [0.05, 0.1) is 5.56 Å². The topological polar surface area (TPSA) is 71.8 Å². The zero-order chi connectivity index (χ0) is 12.4. The maximum atomic E-state index is 11.5. The van der Waals surface area contributed by atoms with E-state index in [9.17, 15) is 4.79 Å². The smallest absolute Gasteiger partial charge is 0.252 e. The second-order valence-electron chi connectivity index (χ2n) is 3.65. The number of aryl methyl sites for hydroxylation is 1. The Kier molecular flexibility index (Phi) is 3.15. The largest absolute Gasteiger partial charge is 0.365 e. The molecular weight excluding hydrogens is 238 g/mol. The van der Waals surface area contributed by atoms with Crippen LogP contribution in [0.25, 0.3) is 11.3 Å². The first-order chi connectivity index (χ1) is 8.13. The van der Waals surface area contributed by atoms with Crippen LogP contribution in [-0.2, 0) is 6.42 Å². The maximum Gasteiger partial charge on any atom is 0.252 e. The van der Waals surface area contributed by atoms with Crippen LogP contribution in [0.1, 0.15) is 23.0 Å². The van der Waals surface area contributed by atoms with E-state index in [0.29, 0.717) is 22.7 Å². The number of carbonyl (C=O) groups excluding carboxylic acids is 1. The number of carbonyl (C=O) groups is 1. The molecule has 0 aliphatic carbocycles. The first-order valence-electron chi connectivity index (χ1n) is 5.26. The quantitative estimate of drug-likeness (QED) is 0.877. The number of amides is 1. The van der Waals surface area contributed by atoms with Gasteiger partial charge in [0.1, 0.15) is 5.69 Å². The predicted molar refractivity (Wildman–Crippen MR) is 66.9 cm³/mol. The van der Waals surface area contributed by atoms with E-state index in [1.54, 1.807) is 12.1 Å². The zero-order valence-electron chi connectivity index (χ0n) is 9.33. The number of benzene rings is 1.